The summed E-state index contributed by atoms with van der Waals surface area (Å²) in [5.74, 6) is 1.27. The Hall–Kier alpha value is -2.68. The van der Waals surface area contributed by atoms with Gasteiger partial charge in [0.15, 0.2) is 12.3 Å². The van der Waals surface area contributed by atoms with Crippen LogP contribution in [0.15, 0.2) is 72.6 Å². The third kappa shape index (κ3) is 6.96. The van der Waals surface area contributed by atoms with E-state index in [4.69, 9.17) is 21.6 Å². The Morgan fingerprint density at radius 1 is 1.10 bits per heavy atom. The van der Waals surface area contributed by atoms with Crippen LogP contribution < -0.4 is 14.2 Å². The first kappa shape index (κ1) is 28.8. The van der Waals surface area contributed by atoms with E-state index >= 15 is 0 Å². The molecular weight excluding hydrogens is 596 g/mol. The number of benzene rings is 3. The van der Waals surface area contributed by atoms with Crippen molar-refractivity contribution in [3.05, 3.63) is 82.6 Å². The molecule has 9 nitrogen and oxygen atoms in total. The zero-order valence-electron chi connectivity index (χ0n) is 21.1. The van der Waals surface area contributed by atoms with Gasteiger partial charge in [0.2, 0.25) is 11.4 Å². The number of aromatic nitrogens is 1. The number of aryl methyl sites for hydroxylation is 1. The Morgan fingerprint density at radius 2 is 1.93 bits per heavy atom. The number of halogens is 1. The first-order valence-electron chi connectivity index (χ1n) is 12.3. The van der Waals surface area contributed by atoms with Crippen molar-refractivity contribution in [1.82, 2.24) is 0 Å². The van der Waals surface area contributed by atoms with Crippen molar-refractivity contribution in [2.75, 3.05) is 23.0 Å². The van der Waals surface area contributed by atoms with Crippen molar-refractivity contribution < 1.29 is 36.9 Å². The van der Waals surface area contributed by atoms with Crippen LogP contribution in [0.5, 0.6) is 5.75 Å². The first-order chi connectivity index (χ1) is 19.3. The monoisotopic (exact) mass is 620 g/mol. The zero-order chi connectivity index (χ0) is 28.1. The average molecular weight is 621 g/mol. The molecule has 3 aromatic carbocycles. The van der Waals surface area contributed by atoms with Crippen LogP contribution in [0.4, 0.5) is 5.69 Å². The molecule has 0 spiro atoms. The summed E-state index contributed by atoms with van der Waals surface area (Å²) in [5.41, 5.74) is 3.78. The van der Waals surface area contributed by atoms with Crippen LogP contribution in [0.2, 0.25) is 5.02 Å². The van der Waals surface area contributed by atoms with Crippen molar-refractivity contribution in [2.45, 2.75) is 19.4 Å². The molecule has 1 aliphatic rings. The van der Waals surface area contributed by atoms with Gasteiger partial charge in [-0.1, -0.05) is 64.4 Å². The molecule has 0 radical (unpaired) electrons. The average Bonchev–Trinajstić information content (AvgIpc) is 3.45. The molecule has 0 atom stereocenters. The zero-order valence-corrected chi connectivity index (χ0v) is 24.3. The third-order valence-electron chi connectivity index (χ3n) is 6.24. The maximum atomic E-state index is 11.3. The molecule has 40 heavy (non-hydrogen) atoms. The number of hydrogen-bond donors (Lipinski definition) is 1. The number of anilines is 1. The molecule has 0 aliphatic carbocycles. The van der Waals surface area contributed by atoms with Crippen LogP contribution in [-0.2, 0) is 26.0 Å². The van der Waals surface area contributed by atoms with E-state index in [0.717, 1.165) is 44.1 Å². The Bertz CT molecular complexity index is 1630. The molecule has 0 fully saturated rings. The minimum Gasteiger partial charge on any atom is -0.748 e. The standard InChI is InChI=1S/C27H25ClN2O7S3/c28-21-9-11-25-23(17-21)30(12-4-14-38-37-36-31)27(39-25)18-26-29(13-5-15-40(32,33)34)22-16-20(8-10-24(22)35-26)19-6-2-1-3-7-19/h1-3,6-11,16-18H,4-5,12-15H2,(H-,31,32,33,34). The number of thiazole rings is 1. The second-order valence-corrected chi connectivity index (χ2v) is 12.7. The van der Waals surface area contributed by atoms with Crippen LogP contribution in [0.25, 0.3) is 27.4 Å². The first-order valence-corrected chi connectivity index (χ1v) is 16.0. The molecule has 1 aliphatic heterocycles. The molecule has 5 rings (SSSR count). The van der Waals surface area contributed by atoms with Gasteiger partial charge >= 0.3 is 0 Å². The summed E-state index contributed by atoms with van der Waals surface area (Å²) in [6.07, 6.45) is 2.78. The van der Waals surface area contributed by atoms with Crippen LogP contribution >= 0.6 is 35.0 Å². The van der Waals surface area contributed by atoms with E-state index in [0.29, 0.717) is 35.4 Å². The molecule has 1 N–H and O–H groups in total. The second-order valence-electron chi connectivity index (χ2n) is 8.92. The number of rotatable bonds is 12. The van der Waals surface area contributed by atoms with Crippen LogP contribution in [-0.4, -0.2) is 36.3 Å². The van der Waals surface area contributed by atoms with E-state index in [1.807, 2.05) is 77.7 Å². The Kier molecular flexibility index (Phi) is 9.28. The number of fused-ring (bicyclic) bond motifs is 2. The molecule has 0 bridgehead atoms. The summed E-state index contributed by atoms with van der Waals surface area (Å²) in [4.78, 5) is 1.91. The Labute approximate surface area is 245 Å². The maximum Gasteiger partial charge on any atom is 0.268 e. The van der Waals surface area contributed by atoms with Gasteiger partial charge in [0.25, 0.3) is 5.01 Å². The molecule has 1 aromatic heterocycles. The van der Waals surface area contributed by atoms with Gasteiger partial charge in [-0.05, 0) is 41.8 Å². The SMILES string of the molecule is O=S(=O)([O-])CCCN1C(=Cc2sc3ccc(Cl)cc3[n+]2CCCSOOO)Oc2ccc(-c3ccccc3)cc21. The highest BCUT2D eigenvalue weighted by Crippen LogP contribution is 2.42. The Morgan fingerprint density at radius 3 is 2.70 bits per heavy atom. The fraction of sp³-hybridized carbons (Fsp3) is 0.222. The summed E-state index contributed by atoms with van der Waals surface area (Å²) in [5, 5.41) is 13.5. The second kappa shape index (κ2) is 12.9. The summed E-state index contributed by atoms with van der Waals surface area (Å²) < 4.78 is 47.9. The lowest BCUT2D eigenvalue weighted by atomic mass is 10.0. The van der Waals surface area contributed by atoms with Crippen molar-refractivity contribution >= 4 is 67.1 Å². The normalized spacial score (nSPS) is 14.2. The summed E-state index contributed by atoms with van der Waals surface area (Å²) in [7, 11) is -4.35. The smallest absolute Gasteiger partial charge is 0.268 e. The van der Waals surface area contributed by atoms with Gasteiger partial charge in [0, 0.05) is 47.6 Å². The van der Waals surface area contributed by atoms with E-state index in [2.05, 4.69) is 13.9 Å². The number of nitrogens with zero attached hydrogens (tertiary/aromatic N) is 2. The van der Waals surface area contributed by atoms with Crippen LogP contribution in [0.3, 0.4) is 0 Å². The van der Waals surface area contributed by atoms with E-state index in [1.165, 1.54) is 0 Å². The maximum absolute atomic E-state index is 11.3. The molecule has 0 saturated heterocycles. The predicted octanol–water partition coefficient (Wildman–Crippen LogP) is 6.10. The van der Waals surface area contributed by atoms with Gasteiger partial charge in [0.05, 0.1) is 21.9 Å². The molecular formula is C27H25ClN2O7S3. The van der Waals surface area contributed by atoms with Gasteiger partial charge in [-0.25, -0.2) is 13.7 Å². The highest BCUT2D eigenvalue weighted by atomic mass is 35.5. The fourth-order valence-electron chi connectivity index (χ4n) is 4.50. The molecule has 210 valence electrons. The molecule has 13 heteroatoms. The molecule has 0 unspecified atom stereocenters. The lowest BCUT2D eigenvalue weighted by molar-refractivity contribution is -0.668. The predicted molar refractivity (Wildman–Crippen MR) is 156 cm³/mol. The van der Waals surface area contributed by atoms with Crippen molar-refractivity contribution in [2.24, 2.45) is 0 Å². The molecule has 2 heterocycles. The minimum atomic E-state index is -4.35. The largest absolute Gasteiger partial charge is 0.748 e. The lowest BCUT2D eigenvalue weighted by Crippen LogP contribution is -2.36. The van der Waals surface area contributed by atoms with Crippen molar-refractivity contribution in [1.29, 1.82) is 0 Å². The number of ether oxygens (including phenoxy) is 1. The van der Waals surface area contributed by atoms with Gasteiger partial charge < -0.3 is 14.2 Å². The summed E-state index contributed by atoms with van der Waals surface area (Å²) >= 11 is 8.88. The quantitative estimate of drug-likeness (QED) is 0.0501. The lowest BCUT2D eigenvalue weighted by Gasteiger charge is -2.19. The molecule has 4 aromatic rings. The third-order valence-corrected chi connectivity index (χ3v) is 8.99. The van der Waals surface area contributed by atoms with E-state index in [9.17, 15) is 13.0 Å². The van der Waals surface area contributed by atoms with Gasteiger partial charge in [-0.15, -0.1) is 4.33 Å². The highest BCUT2D eigenvalue weighted by molar-refractivity contribution is 7.94. The van der Waals surface area contributed by atoms with E-state index < -0.39 is 15.9 Å². The number of hydrogen-bond acceptors (Lipinski definition) is 10. The topological polar surface area (TPSA) is 112 Å². The Balaban J connectivity index is 1.51. The van der Waals surface area contributed by atoms with Crippen LogP contribution in [0.1, 0.15) is 17.8 Å². The molecule has 0 amide bonds. The van der Waals surface area contributed by atoms with Gasteiger partial charge in [0.1, 0.15) is 4.70 Å². The van der Waals surface area contributed by atoms with Gasteiger partial charge in [-0.3, -0.25) is 0 Å². The van der Waals surface area contributed by atoms with Gasteiger partial charge in [-0.2, -0.15) is 4.57 Å². The highest BCUT2D eigenvalue weighted by Gasteiger charge is 2.29. The summed E-state index contributed by atoms with van der Waals surface area (Å²) in [6.45, 7) is 0.908. The fourth-order valence-corrected chi connectivity index (χ4v) is 6.61. The van der Waals surface area contributed by atoms with E-state index in [-0.39, 0.29) is 13.0 Å². The van der Waals surface area contributed by atoms with Crippen molar-refractivity contribution in [3.8, 4) is 16.9 Å². The van der Waals surface area contributed by atoms with E-state index in [1.54, 1.807) is 11.3 Å². The van der Waals surface area contributed by atoms with Crippen molar-refractivity contribution in [3.63, 3.8) is 0 Å². The van der Waals surface area contributed by atoms with Crippen LogP contribution in [0, 0.1) is 0 Å². The molecule has 0 saturated carbocycles. The summed E-state index contributed by atoms with van der Waals surface area (Å²) in [6, 6.07) is 21.5. The minimum absolute atomic E-state index is 0.147.